The predicted octanol–water partition coefficient (Wildman–Crippen LogP) is 2.53. The summed E-state index contributed by atoms with van der Waals surface area (Å²) in [5.41, 5.74) is 2.09. The van der Waals surface area contributed by atoms with Crippen LogP contribution in [0, 0.1) is 5.92 Å². The van der Waals surface area contributed by atoms with Gasteiger partial charge in [-0.05, 0) is 19.3 Å². The van der Waals surface area contributed by atoms with Crippen molar-refractivity contribution in [1.29, 1.82) is 0 Å². The first kappa shape index (κ1) is 11.4. The fourth-order valence-electron chi connectivity index (χ4n) is 1.51. The standard InChI is InChI=1S/C11H16N2O2S/c1-2-15-11(14)9-10(16-7-13-9)12-6-5-8-3-4-8/h7-8,12H,2-6H2,1H3. The van der Waals surface area contributed by atoms with E-state index in [2.05, 4.69) is 10.3 Å². The van der Waals surface area contributed by atoms with Gasteiger partial charge in [-0.1, -0.05) is 12.8 Å². The molecule has 1 aliphatic carbocycles. The Labute approximate surface area is 99.0 Å². The number of ether oxygens (including phenoxy) is 1. The van der Waals surface area contributed by atoms with Gasteiger partial charge in [0.15, 0.2) is 5.69 Å². The van der Waals surface area contributed by atoms with E-state index in [1.54, 1.807) is 12.4 Å². The summed E-state index contributed by atoms with van der Waals surface area (Å²) >= 11 is 1.45. The Morgan fingerprint density at radius 3 is 3.19 bits per heavy atom. The van der Waals surface area contributed by atoms with Gasteiger partial charge < -0.3 is 10.1 Å². The first-order valence-electron chi connectivity index (χ1n) is 5.65. The number of hydrogen-bond acceptors (Lipinski definition) is 5. The molecule has 1 fully saturated rings. The first-order valence-corrected chi connectivity index (χ1v) is 6.53. The maximum atomic E-state index is 11.5. The van der Waals surface area contributed by atoms with Crippen LogP contribution in [0.3, 0.4) is 0 Å². The van der Waals surface area contributed by atoms with E-state index >= 15 is 0 Å². The van der Waals surface area contributed by atoms with Gasteiger partial charge in [0, 0.05) is 6.54 Å². The van der Waals surface area contributed by atoms with E-state index in [0.29, 0.717) is 12.3 Å². The Balaban J connectivity index is 1.86. The maximum absolute atomic E-state index is 11.5. The van der Waals surface area contributed by atoms with Crippen molar-refractivity contribution >= 4 is 22.3 Å². The summed E-state index contributed by atoms with van der Waals surface area (Å²) in [5.74, 6) is 0.559. The molecule has 1 aromatic rings. The van der Waals surface area contributed by atoms with Crippen molar-refractivity contribution in [2.45, 2.75) is 26.2 Å². The minimum Gasteiger partial charge on any atom is -0.461 e. The second-order valence-electron chi connectivity index (χ2n) is 3.91. The Morgan fingerprint density at radius 2 is 2.50 bits per heavy atom. The van der Waals surface area contributed by atoms with Crippen LogP contribution in [0.2, 0.25) is 0 Å². The molecular weight excluding hydrogens is 224 g/mol. The highest BCUT2D eigenvalue weighted by molar-refractivity contribution is 7.14. The van der Waals surface area contributed by atoms with Crippen LogP contribution in [0.4, 0.5) is 5.00 Å². The molecule has 16 heavy (non-hydrogen) atoms. The van der Waals surface area contributed by atoms with E-state index in [9.17, 15) is 4.79 Å². The summed E-state index contributed by atoms with van der Waals surface area (Å²) in [7, 11) is 0. The van der Waals surface area contributed by atoms with Crippen LogP contribution in [0.25, 0.3) is 0 Å². The van der Waals surface area contributed by atoms with Gasteiger partial charge >= 0.3 is 5.97 Å². The molecular formula is C11H16N2O2S. The highest BCUT2D eigenvalue weighted by Gasteiger charge is 2.21. The molecule has 4 nitrogen and oxygen atoms in total. The second kappa shape index (κ2) is 5.30. The summed E-state index contributed by atoms with van der Waals surface area (Å²) in [6, 6.07) is 0. The third-order valence-corrected chi connectivity index (χ3v) is 3.36. The average molecular weight is 240 g/mol. The van der Waals surface area contributed by atoms with Gasteiger partial charge in [-0.3, -0.25) is 0 Å². The Morgan fingerprint density at radius 1 is 1.69 bits per heavy atom. The molecule has 0 unspecified atom stereocenters. The molecule has 0 amide bonds. The zero-order valence-corrected chi connectivity index (χ0v) is 10.2. The molecule has 1 saturated carbocycles. The number of rotatable bonds is 6. The number of anilines is 1. The molecule has 88 valence electrons. The van der Waals surface area contributed by atoms with E-state index < -0.39 is 0 Å². The number of nitrogens with one attached hydrogen (secondary N) is 1. The summed E-state index contributed by atoms with van der Waals surface area (Å²) in [6.45, 7) is 3.10. The molecule has 1 aliphatic rings. The largest absolute Gasteiger partial charge is 0.461 e. The van der Waals surface area contributed by atoms with Crippen LogP contribution in [-0.2, 0) is 4.74 Å². The number of hydrogen-bond donors (Lipinski definition) is 1. The number of nitrogens with zero attached hydrogens (tertiary/aromatic N) is 1. The van der Waals surface area contributed by atoms with Gasteiger partial charge in [0.2, 0.25) is 0 Å². The van der Waals surface area contributed by atoms with Crippen molar-refractivity contribution in [1.82, 2.24) is 4.98 Å². The number of carbonyl (C=O) groups excluding carboxylic acids is 1. The normalized spacial score (nSPS) is 14.8. The molecule has 0 radical (unpaired) electrons. The van der Waals surface area contributed by atoms with Crippen LogP contribution in [0.1, 0.15) is 36.7 Å². The lowest BCUT2D eigenvalue weighted by atomic mass is 10.3. The zero-order chi connectivity index (χ0) is 11.4. The van der Waals surface area contributed by atoms with E-state index in [4.69, 9.17) is 4.74 Å². The molecule has 0 atom stereocenters. The zero-order valence-electron chi connectivity index (χ0n) is 9.36. The quantitative estimate of drug-likeness (QED) is 0.776. The SMILES string of the molecule is CCOC(=O)c1ncsc1NCCC1CC1. The van der Waals surface area contributed by atoms with Crippen molar-refractivity contribution in [2.75, 3.05) is 18.5 Å². The van der Waals surface area contributed by atoms with Crippen molar-refractivity contribution in [3.8, 4) is 0 Å². The van der Waals surface area contributed by atoms with Crippen molar-refractivity contribution in [2.24, 2.45) is 5.92 Å². The van der Waals surface area contributed by atoms with Crippen molar-refractivity contribution in [3.63, 3.8) is 0 Å². The lowest BCUT2D eigenvalue weighted by Gasteiger charge is -2.05. The third kappa shape index (κ3) is 2.95. The summed E-state index contributed by atoms with van der Waals surface area (Å²) in [4.78, 5) is 15.5. The Kier molecular flexibility index (Phi) is 3.77. The lowest BCUT2D eigenvalue weighted by molar-refractivity contribution is 0.0521. The number of thiazole rings is 1. The van der Waals surface area contributed by atoms with E-state index in [-0.39, 0.29) is 5.97 Å². The summed E-state index contributed by atoms with van der Waals surface area (Å²) in [6.07, 6.45) is 3.89. The number of esters is 1. The van der Waals surface area contributed by atoms with Crippen LogP contribution < -0.4 is 5.32 Å². The predicted molar refractivity (Wildman–Crippen MR) is 63.9 cm³/mol. The first-order chi connectivity index (χ1) is 7.81. The van der Waals surface area contributed by atoms with Crippen molar-refractivity contribution in [3.05, 3.63) is 11.2 Å². The van der Waals surface area contributed by atoms with E-state index in [1.165, 1.54) is 30.6 Å². The topological polar surface area (TPSA) is 51.2 Å². The van der Waals surface area contributed by atoms with Gasteiger partial charge in [0.1, 0.15) is 5.00 Å². The Hall–Kier alpha value is -1.10. The monoisotopic (exact) mass is 240 g/mol. The van der Waals surface area contributed by atoms with Crippen molar-refractivity contribution < 1.29 is 9.53 Å². The van der Waals surface area contributed by atoms with Crippen LogP contribution in [-0.4, -0.2) is 24.1 Å². The third-order valence-electron chi connectivity index (χ3n) is 2.57. The van der Waals surface area contributed by atoms with Gasteiger partial charge in [-0.25, -0.2) is 9.78 Å². The smallest absolute Gasteiger partial charge is 0.360 e. The average Bonchev–Trinajstić information content (AvgIpc) is 2.96. The molecule has 1 heterocycles. The minimum absolute atomic E-state index is 0.335. The highest BCUT2D eigenvalue weighted by atomic mass is 32.1. The summed E-state index contributed by atoms with van der Waals surface area (Å²) < 4.78 is 4.93. The van der Waals surface area contributed by atoms with Gasteiger partial charge in [0.05, 0.1) is 12.1 Å². The molecule has 1 aromatic heterocycles. The molecule has 5 heteroatoms. The van der Waals surface area contributed by atoms with Crippen LogP contribution >= 0.6 is 11.3 Å². The molecule has 1 N–H and O–H groups in total. The summed E-state index contributed by atoms with van der Waals surface area (Å²) in [5, 5.41) is 4.09. The molecule has 0 spiro atoms. The van der Waals surface area contributed by atoms with Gasteiger partial charge in [-0.2, -0.15) is 0 Å². The second-order valence-corrected chi connectivity index (χ2v) is 4.76. The van der Waals surface area contributed by atoms with Crippen LogP contribution in [0.15, 0.2) is 5.51 Å². The molecule has 0 aromatic carbocycles. The molecule has 0 saturated heterocycles. The van der Waals surface area contributed by atoms with E-state index in [1.807, 2.05) is 0 Å². The fourth-order valence-corrected chi connectivity index (χ4v) is 2.21. The highest BCUT2D eigenvalue weighted by Crippen LogP contribution is 2.32. The Bertz CT molecular complexity index is 361. The number of carbonyl (C=O) groups is 1. The maximum Gasteiger partial charge on any atom is 0.360 e. The van der Waals surface area contributed by atoms with E-state index in [0.717, 1.165) is 17.5 Å². The van der Waals surface area contributed by atoms with Gasteiger partial charge in [-0.15, -0.1) is 11.3 Å². The van der Waals surface area contributed by atoms with Crippen LogP contribution in [0.5, 0.6) is 0 Å². The molecule has 2 rings (SSSR count). The molecule has 0 bridgehead atoms. The lowest BCUT2D eigenvalue weighted by Crippen LogP contribution is -2.09. The minimum atomic E-state index is -0.335. The van der Waals surface area contributed by atoms with Gasteiger partial charge in [0.25, 0.3) is 0 Å². The number of aromatic nitrogens is 1. The fraction of sp³-hybridized carbons (Fsp3) is 0.636. The molecule has 0 aliphatic heterocycles.